The molecule has 0 saturated carbocycles. The number of halogens is 6. The molecular formula is C6HClF3I2NO. The van der Waals surface area contributed by atoms with E-state index in [-0.39, 0.29) is 5.02 Å². The first-order valence-corrected chi connectivity index (χ1v) is 5.60. The fourth-order valence-electron chi connectivity index (χ4n) is 0.619. The van der Waals surface area contributed by atoms with Gasteiger partial charge in [0, 0.05) is 6.07 Å². The highest BCUT2D eigenvalue weighted by molar-refractivity contribution is 14.1. The molecule has 0 aliphatic rings. The second-order valence-electron chi connectivity index (χ2n) is 2.09. The standard InChI is InChI=1S/C6HClF3I2NO/c7-2-1-3(14-6(8,9)10)13-5(12)4(2)11/h1H. The SMILES string of the molecule is FC(F)(F)Oc1cc(Cl)c(I)c(I)n1. The summed E-state index contributed by atoms with van der Waals surface area (Å²) in [6.45, 7) is 0. The maximum atomic E-state index is 11.8. The first-order chi connectivity index (χ1) is 6.29. The van der Waals surface area contributed by atoms with Crippen molar-refractivity contribution in [2.24, 2.45) is 0 Å². The van der Waals surface area contributed by atoms with Crippen LogP contribution in [0.15, 0.2) is 6.07 Å². The number of ether oxygens (including phenoxy) is 1. The van der Waals surface area contributed by atoms with Crippen LogP contribution < -0.4 is 4.74 Å². The Morgan fingerprint density at radius 1 is 1.36 bits per heavy atom. The van der Waals surface area contributed by atoms with Gasteiger partial charge in [0.05, 0.1) is 8.59 Å². The number of aromatic nitrogens is 1. The summed E-state index contributed by atoms with van der Waals surface area (Å²) in [5.41, 5.74) is 0. The lowest BCUT2D eigenvalue weighted by Gasteiger charge is -2.09. The topological polar surface area (TPSA) is 22.1 Å². The molecule has 78 valence electrons. The highest BCUT2D eigenvalue weighted by Crippen LogP contribution is 2.29. The van der Waals surface area contributed by atoms with Crippen LogP contribution in [0.2, 0.25) is 5.02 Å². The van der Waals surface area contributed by atoms with Gasteiger partial charge in [0.25, 0.3) is 0 Å². The van der Waals surface area contributed by atoms with Crippen LogP contribution in [-0.2, 0) is 0 Å². The van der Waals surface area contributed by atoms with Gasteiger partial charge in [-0.1, -0.05) is 11.6 Å². The highest BCUT2D eigenvalue weighted by Gasteiger charge is 2.32. The van der Waals surface area contributed by atoms with Gasteiger partial charge in [-0.05, 0) is 45.2 Å². The van der Waals surface area contributed by atoms with Crippen LogP contribution in [-0.4, -0.2) is 11.3 Å². The third kappa shape index (κ3) is 3.57. The number of rotatable bonds is 1. The smallest absolute Gasteiger partial charge is 0.388 e. The van der Waals surface area contributed by atoms with E-state index in [1.165, 1.54) is 0 Å². The Hall–Kier alpha value is 0.490. The molecule has 1 aromatic heterocycles. The first-order valence-electron chi connectivity index (χ1n) is 3.07. The lowest BCUT2D eigenvalue weighted by molar-refractivity contribution is -0.276. The number of alkyl halides is 3. The predicted molar refractivity (Wildman–Crippen MR) is 61.4 cm³/mol. The number of pyridine rings is 1. The summed E-state index contributed by atoms with van der Waals surface area (Å²) < 4.78 is 40.0. The fourth-order valence-corrected chi connectivity index (χ4v) is 1.77. The van der Waals surface area contributed by atoms with E-state index in [1.54, 1.807) is 22.6 Å². The maximum Gasteiger partial charge on any atom is 0.574 e. The molecular weight excluding hydrogens is 448 g/mol. The fraction of sp³-hybridized carbons (Fsp3) is 0.167. The molecule has 2 nitrogen and oxygen atoms in total. The molecule has 0 fully saturated rings. The lowest BCUT2D eigenvalue weighted by atomic mass is 10.5. The van der Waals surface area contributed by atoms with E-state index in [0.717, 1.165) is 6.07 Å². The Morgan fingerprint density at radius 2 is 1.93 bits per heavy atom. The van der Waals surface area contributed by atoms with Crippen molar-refractivity contribution in [2.75, 3.05) is 0 Å². The molecule has 8 heteroatoms. The lowest BCUT2D eigenvalue weighted by Crippen LogP contribution is -2.18. The third-order valence-electron chi connectivity index (χ3n) is 1.07. The summed E-state index contributed by atoms with van der Waals surface area (Å²) in [5.74, 6) is -0.549. The molecule has 14 heavy (non-hydrogen) atoms. The van der Waals surface area contributed by atoms with Crippen LogP contribution in [0.3, 0.4) is 0 Å². The summed E-state index contributed by atoms with van der Waals surface area (Å²) in [6.07, 6.45) is -4.74. The van der Waals surface area contributed by atoms with Gasteiger partial charge in [-0.3, -0.25) is 0 Å². The van der Waals surface area contributed by atoms with E-state index in [4.69, 9.17) is 11.6 Å². The van der Waals surface area contributed by atoms with Crippen molar-refractivity contribution in [3.05, 3.63) is 18.4 Å². The molecule has 0 spiro atoms. The molecule has 0 amide bonds. The molecule has 0 unspecified atom stereocenters. The van der Waals surface area contributed by atoms with Crippen LogP contribution in [0.5, 0.6) is 5.88 Å². The van der Waals surface area contributed by atoms with Gasteiger partial charge in [0.2, 0.25) is 5.88 Å². The van der Waals surface area contributed by atoms with Crippen LogP contribution in [0.25, 0.3) is 0 Å². The Labute approximate surface area is 109 Å². The summed E-state index contributed by atoms with van der Waals surface area (Å²) in [7, 11) is 0. The van der Waals surface area contributed by atoms with Gasteiger partial charge in [0.15, 0.2) is 0 Å². The third-order valence-corrected chi connectivity index (χ3v) is 4.59. The summed E-state index contributed by atoms with van der Waals surface area (Å²) in [4.78, 5) is 3.57. The molecule has 0 aliphatic heterocycles. The van der Waals surface area contributed by atoms with Crippen LogP contribution >= 0.6 is 56.8 Å². The van der Waals surface area contributed by atoms with Gasteiger partial charge in [-0.15, -0.1) is 13.2 Å². The van der Waals surface area contributed by atoms with E-state index in [2.05, 4.69) is 9.72 Å². The zero-order valence-corrected chi connectivity index (χ0v) is 11.3. The second kappa shape index (κ2) is 4.56. The Morgan fingerprint density at radius 3 is 2.36 bits per heavy atom. The van der Waals surface area contributed by atoms with Crippen molar-refractivity contribution in [1.82, 2.24) is 4.98 Å². The molecule has 0 bridgehead atoms. The molecule has 1 rings (SSSR count). The largest absolute Gasteiger partial charge is 0.574 e. The Bertz CT molecular complexity index is 334. The molecule has 0 N–H and O–H groups in total. The maximum absolute atomic E-state index is 11.8. The number of hydrogen-bond acceptors (Lipinski definition) is 2. The highest BCUT2D eigenvalue weighted by atomic mass is 127. The first kappa shape index (κ1) is 12.6. The van der Waals surface area contributed by atoms with Crippen molar-refractivity contribution in [2.45, 2.75) is 6.36 Å². The summed E-state index contributed by atoms with van der Waals surface area (Å²) in [5, 5.41) is 0.184. The number of nitrogens with zero attached hydrogens (tertiary/aromatic N) is 1. The van der Waals surface area contributed by atoms with Crippen molar-refractivity contribution < 1.29 is 17.9 Å². The molecule has 0 aromatic carbocycles. The molecule has 0 aliphatic carbocycles. The van der Waals surface area contributed by atoms with Crippen LogP contribution in [0.4, 0.5) is 13.2 Å². The van der Waals surface area contributed by atoms with Gasteiger partial charge in [-0.2, -0.15) is 0 Å². The van der Waals surface area contributed by atoms with E-state index >= 15 is 0 Å². The Kier molecular flexibility index (Phi) is 4.09. The van der Waals surface area contributed by atoms with E-state index < -0.39 is 12.2 Å². The van der Waals surface area contributed by atoms with E-state index in [0.29, 0.717) is 7.27 Å². The second-order valence-corrected chi connectivity index (χ2v) is 4.60. The van der Waals surface area contributed by atoms with Crippen molar-refractivity contribution in [3.8, 4) is 5.88 Å². The van der Waals surface area contributed by atoms with Crippen LogP contribution in [0, 0.1) is 7.27 Å². The summed E-state index contributed by atoms with van der Waals surface area (Å²) >= 11 is 9.31. The molecule has 1 heterocycles. The average molecular weight is 449 g/mol. The zero-order valence-electron chi connectivity index (χ0n) is 6.20. The molecule has 0 atom stereocenters. The average Bonchev–Trinajstić information content (AvgIpc) is 1.96. The van der Waals surface area contributed by atoms with Gasteiger partial charge in [0.1, 0.15) is 3.70 Å². The Balaban J connectivity index is 3.02. The predicted octanol–water partition coefficient (Wildman–Crippen LogP) is 3.84. The zero-order chi connectivity index (χ0) is 10.9. The van der Waals surface area contributed by atoms with Gasteiger partial charge < -0.3 is 4.74 Å². The summed E-state index contributed by atoms with van der Waals surface area (Å²) in [6, 6.07) is 1.03. The van der Waals surface area contributed by atoms with Crippen molar-refractivity contribution >= 4 is 56.8 Å². The molecule has 0 radical (unpaired) electrons. The van der Waals surface area contributed by atoms with Crippen molar-refractivity contribution in [3.63, 3.8) is 0 Å². The minimum Gasteiger partial charge on any atom is -0.388 e. The molecule has 1 aromatic rings. The van der Waals surface area contributed by atoms with Gasteiger partial charge in [-0.25, -0.2) is 4.98 Å². The monoisotopic (exact) mass is 449 g/mol. The quantitative estimate of drug-likeness (QED) is 0.480. The van der Waals surface area contributed by atoms with Gasteiger partial charge >= 0.3 is 6.36 Å². The van der Waals surface area contributed by atoms with Crippen LogP contribution in [0.1, 0.15) is 0 Å². The van der Waals surface area contributed by atoms with E-state index in [1.807, 2.05) is 22.6 Å². The van der Waals surface area contributed by atoms with E-state index in [9.17, 15) is 13.2 Å². The normalized spacial score (nSPS) is 11.6. The minimum atomic E-state index is -4.74. The minimum absolute atomic E-state index is 0.184. The number of hydrogen-bond donors (Lipinski definition) is 0. The van der Waals surface area contributed by atoms with Crippen molar-refractivity contribution in [1.29, 1.82) is 0 Å². The molecule has 0 saturated heterocycles.